The van der Waals surface area contributed by atoms with Crippen LogP contribution in [0.2, 0.25) is 0 Å². The van der Waals surface area contributed by atoms with Crippen LogP contribution in [0.5, 0.6) is 0 Å². The number of aryl methyl sites for hydroxylation is 2. The predicted octanol–water partition coefficient (Wildman–Crippen LogP) is 2.44. The van der Waals surface area contributed by atoms with Crippen LogP contribution < -0.4 is 5.32 Å². The third-order valence-corrected chi connectivity index (χ3v) is 2.87. The molecule has 2 aromatic rings. The molecule has 1 aromatic carbocycles. The molecule has 0 saturated carbocycles. The predicted molar refractivity (Wildman–Crippen MR) is 74.0 cm³/mol. The largest absolute Gasteiger partial charge is 0.390 e. The highest BCUT2D eigenvalue weighted by molar-refractivity contribution is 6.04. The second kappa shape index (κ2) is 5.63. The van der Waals surface area contributed by atoms with E-state index in [-0.39, 0.29) is 12.5 Å². The fourth-order valence-corrected chi connectivity index (χ4v) is 1.85. The van der Waals surface area contributed by atoms with E-state index in [1.54, 1.807) is 12.1 Å². The van der Waals surface area contributed by atoms with Gasteiger partial charge in [-0.05, 0) is 37.6 Å². The number of aliphatic hydroxyl groups excluding tert-OH is 1. The van der Waals surface area contributed by atoms with Crippen molar-refractivity contribution in [2.45, 2.75) is 20.5 Å². The number of nitrogens with zero attached hydrogens (tertiary/aromatic N) is 1. The van der Waals surface area contributed by atoms with Gasteiger partial charge in [0.05, 0.1) is 12.3 Å². The van der Waals surface area contributed by atoms with Crippen LogP contribution in [-0.4, -0.2) is 16.0 Å². The monoisotopic (exact) mass is 256 g/mol. The molecule has 0 bridgehead atoms. The number of amides is 1. The summed E-state index contributed by atoms with van der Waals surface area (Å²) in [6.07, 6.45) is 1.52. The SMILES string of the molecule is Cc1ccc(NC(=O)c2ccnc(CO)c2)c(C)c1. The highest BCUT2D eigenvalue weighted by Crippen LogP contribution is 2.17. The van der Waals surface area contributed by atoms with Gasteiger partial charge in [-0.1, -0.05) is 17.7 Å². The molecule has 0 aliphatic rings. The normalized spacial score (nSPS) is 10.3. The van der Waals surface area contributed by atoms with Crippen molar-refractivity contribution in [1.29, 1.82) is 0 Å². The summed E-state index contributed by atoms with van der Waals surface area (Å²) in [5.74, 6) is -0.205. The van der Waals surface area contributed by atoms with E-state index in [1.165, 1.54) is 6.20 Å². The number of carbonyl (C=O) groups excluding carboxylic acids is 1. The van der Waals surface area contributed by atoms with Crippen molar-refractivity contribution >= 4 is 11.6 Å². The Morgan fingerprint density at radius 2 is 2.05 bits per heavy atom. The van der Waals surface area contributed by atoms with Crippen molar-refractivity contribution in [3.8, 4) is 0 Å². The van der Waals surface area contributed by atoms with Gasteiger partial charge in [0.1, 0.15) is 0 Å². The molecule has 1 heterocycles. The number of hydrogen-bond acceptors (Lipinski definition) is 3. The minimum absolute atomic E-state index is 0.176. The number of benzene rings is 1. The Morgan fingerprint density at radius 3 is 2.74 bits per heavy atom. The molecule has 2 rings (SSSR count). The molecule has 1 amide bonds. The molecule has 0 atom stereocenters. The van der Waals surface area contributed by atoms with E-state index in [4.69, 9.17) is 5.11 Å². The Balaban J connectivity index is 2.20. The number of aromatic nitrogens is 1. The van der Waals surface area contributed by atoms with Gasteiger partial charge in [0.15, 0.2) is 0 Å². The standard InChI is InChI=1S/C15H16N2O2/c1-10-3-4-14(11(2)7-10)17-15(19)12-5-6-16-13(8-12)9-18/h3-8,18H,9H2,1-2H3,(H,17,19). The van der Waals surface area contributed by atoms with Crippen LogP contribution >= 0.6 is 0 Å². The fraction of sp³-hybridized carbons (Fsp3) is 0.200. The molecule has 98 valence electrons. The molecule has 2 N–H and O–H groups in total. The van der Waals surface area contributed by atoms with Crippen molar-refractivity contribution < 1.29 is 9.90 Å². The molecule has 0 saturated heterocycles. The Bertz CT molecular complexity index is 609. The first-order chi connectivity index (χ1) is 9.10. The minimum Gasteiger partial charge on any atom is -0.390 e. The van der Waals surface area contributed by atoms with Crippen LogP contribution in [0.4, 0.5) is 5.69 Å². The maximum Gasteiger partial charge on any atom is 0.255 e. The molecule has 0 radical (unpaired) electrons. The van der Waals surface area contributed by atoms with E-state index in [2.05, 4.69) is 10.3 Å². The van der Waals surface area contributed by atoms with Crippen LogP contribution in [0, 0.1) is 13.8 Å². The average Bonchev–Trinajstić information content (AvgIpc) is 2.42. The Morgan fingerprint density at radius 1 is 1.26 bits per heavy atom. The van der Waals surface area contributed by atoms with Crippen LogP contribution in [0.1, 0.15) is 27.2 Å². The van der Waals surface area contributed by atoms with Gasteiger partial charge in [0, 0.05) is 17.4 Å². The lowest BCUT2D eigenvalue weighted by atomic mass is 10.1. The van der Waals surface area contributed by atoms with Gasteiger partial charge in [-0.15, -0.1) is 0 Å². The molecule has 4 heteroatoms. The van der Waals surface area contributed by atoms with E-state index in [0.717, 1.165) is 16.8 Å². The number of pyridine rings is 1. The highest BCUT2D eigenvalue weighted by Gasteiger charge is 2.08. The van der Waals surface area contributed by atoms with E-state index in [9.17, 15) is 4.79 Å². The van der Waals surface area contributed by atoms with Gasteiger partial charge in [-0.3, -0.25) is 9.78 Å². The number of anilines is 1. The molecule has 0 spiro atoms. The van der Waals surface area contributed by atoms with Gasteiger partial charge < -0.3 is 10.4 Å². The number of rotatable bonds is 3. The highest BCUT2D eigenvalue weighted by atomic mass is 16.3. The second-order valence-electron chi connectivity index (χ2n) is 4.47. The summed E-state index contributed by atoms with van der Waals surface area (Å²) in [4.78, 5) is 16.0. The molecule has 0 fully saturated rings. The summed E-state index contributed by atoms with van der Waals surface area (Å²) in [6.45, 7) is 3.79. The quantitative estimate of drug-likeness (QED) is 0.886. The van der Waals surface area contributed by atoms with Crippen LogP contribution in [0.3, 0.4) is 0 Å². The molecular weight excluding hydrogens is 240 g/mol. The summed E-state index contributed by atoms with van der Waals surface area (Å²) in [6, 6.07) is 9.06. The molecule has 0 aliphatic carbocycles. The summed E-state index contributed by atoms with van der Waals surface area (Å²) in [7, 11) is 0. The van der Waals surface area contributed by atoms with Crippen molar-refractivity contribution in [2.75, 3.05) is 5.32 Å². The summed E-state index contributed by atoms with van der Waals surface area (Å²) < 4.78 is 0. The summed E-state index contributed by atoms with van der Waals surface area (Å²) in [5, 5.41) is 11.9. The van der Waals surface area contributed by atoms with Gasteiger partial charge >= 0.3 is 0 Å². The van der Waals surface area contributed by atoms with Crippen LogP contribution in [-0.2, 0) is 6.61 Å². The third kappa shape index (κ3) is 3.17. The molecule has 0 unspecified atom stereocenters. The molecule has 4 nitrogen and oxygen atoms in total. The van der Waals surface area contributed by atoms with Crippen LogP contribution in [0.15, 0.2) is 36.5 Å². The smallest absolute Gasteiger partial charge is 0.255 e. The van der Waals surface area contributed by atoms with E-state index >= 15 is 0 Å². The number of hydrogen-bond donors (Lipinski definition) is 2. The maximum absolute atomic E-state index is 12.1. The van der Waals surface area contributed by atoms with Crippen molar-refractivity contribution in [2.24, 2.45) is 0 Å². The van der Waals surface area contributed by atoms with Gasteiger partial charge in [-0.25, -0.2) is 0 Å². The van der Waals surface area contributed by atoms with Crippen molar-refractivity contribution in [3.63, 3.8) is 0 Å². The minimum atomic E-state index is -0.205. The fourth-order valence-electron chi connectivity index (χ4n) is 1.85. The van der Waals surface area contributed by atoms with E-state index < -0.39 is 0 Å². The number of aliphatic hydroxyl groups is 1. The molecular formula is C15H16N2O2. The first-order valence-corrected chi connectivity index (χ1v) is 6.04. The summed E-state index contributed by atoms with van der Waals surface area (Å²) >= 11 is 0. The lowest BCUT2D eigenvalue weighted by Crippen LogP contribution is -2.13. The Hall–Kier alpha value is -2.20. The van der Waals surface area contributed by atoms with Crippen molar-refractivity contribution in [1.82, 2.24) is 4.98 Å². The van der Waals surface area contributed by atoms with Gasteiger partial charge in [0.2, 0.25) is 0 Å². The Kier molecular flexibility index (Phi) is 3.92. The third-order valence-electron chi connectivity index (χ3n) is 2.87. The van der Waals surface area contributed by atoms with Crippen LogP contribution in [0.25, 0.3) is 0 Å². The first-order valence-electron chi connectivity index (χ1n) is 6.04. The molecule has 1 aromatic heterocycles. The zero-order valence-electron chi connectivity index (χ0n) is 11.0. The Labute approximate surface area is 112 Å². The van der Waals surface area contributed by atoms with Crippen molar-refractivity contribution in [3.05, 3.63) is 58.9 Å². The zero-order valence-corrected chi connectivity index (χ0v) is 11.0. The van der Waals surface area contributed by atoms with E-state index in [0.29, 0.717) is 11.3 Å². The first kappa shape index (κ1) is 13.2. The molecule has 19 heavy (non-hydrogen) atoms. The molecule has 0 aliphatic heterocycles. The average molecular weight is 256 g/mol. The maximum atomic E-state index is 12.1. The second-order valence-corrected chi connectivity index (χ2v) is 4.47. The zero-order chi connectivity index (χ0) is 13.8. The number of carbonyl (C=O) groups is 1. The van der Waals surface area contributed by atoms with Gasteiger partial charge in [0.25, 0.3) is 5.91 Å². The van der Waals surface area contributed by atoms with Gasteiger partial charge in [-0.2, -0.15) is 0 Å². The lowest BCUT2D eigenvalue weighted by molar-refractivity contribution is 0.102. The lowest BCUT2D eigenvalue weighted by Gasteiger charge is -2.09. The summed E-state index contributed by atoms with van der Waals surface area (Å²) in [5.41, 5.74) is 3.93. The number of nitrogens with one attached hydrogen (secondary N) is 1. The topological polar surface area (TPSA) is 62.2 Å². The van der Waals surface area contributed by atoms with E-state index in [1.807, 2.05) is 32.0 Å².